The molecule has 2 aliphatic carbocycles. The Morgan fingerprint density at radius 2 is 1.71 bits per heavy atom. The number of aliphatic imine (C=N–C) groups is 1. The summed E-state index contributed by atoms with van der Waals surface area (Å²) >= 11 is 3.42. The third-order valence-electron chi connectivity index (χ3n) is 5.79. The molecule has 4 atom stereocenters. The largest absolute Gasteiger partial charge is 0.355 e. The number of imide groups is 1. The van der Waals surface area contributed by atoms with Crippen LogP contribution in [0.5, 0.6) is 0 Å². The Morgan fingerprint density at radius 3 is 2.29 bits per heavy atom. The lowest BCUT2D eigenvalue weighted by atomic mass is 9.85. The van der Waals surface area contributed by atoms with Crippen LogP contribution >= 0.6 is 39.9 Å². The van der Waals surface area contributed by atoms with E-state index < -0.39 is 0 Å². The van der Waals surface area contributed by atoms with E-state index in [0.29, 0.717) is 25.6 Å². The Morgan fingerprint density at radius 1 is 1.11 bits per heavy atom. The molecular formula is C20H24BrIN4O2. The predicted octanol–water partition coefficient (Wildman–Crippen LogP) is 2.54. The van der Waals surface area contributed by atoms with E-state index in [4.69, 9.17) is 0 Å². The van der Waals surface area contributed by atoms with E-state index in [2.05, 4.69) is 43.7 Å². The fraction of sp³-hybridized carbons (Fsp3) is 0.450. The van der Waals surface area contributed by atoms with Crippen LogP contribution in [0.2, 0.25) is 0 Å². The number of benzene rings is 1. The van der Waals surface area contributed by atoms with Crippen molar-refractivity contribution < 1.29 is 9.59 Å². The summed E-state index contributed by atoms with van der Waals surface area (Å²) in [4.78, 5) is 31.0. The minimum absolute atomic E-state index is 0. The average molecular weight is 559 g/mol. The van der Waals surface area contributed by atoms with Crippen LogP contribution in [0.1, 0.15) is 12.0 Å². The molecule has 4 rings (SSSR count). The second-order valence-corrected chi connectivity index (χ2v) is 8.22. The number of hydrogen-bond donors (Lipinski definition) is 2. The van der Waals surface area contributed by atoms with E-state index in [-0.39, 0.29) is 59.5 Å². The number of amides is 2. The third-order valence-corrected chi connectivity index (χ3v) is 6.31. The molecule has 0 aromatic heterocycles. The molecule has 1 aromatic rings. The van der Waals surface area contributed by atoms with Crippen LogP contribution in [0.25, 0.3) is 0 Å². The lowest BCUT2D eigenvalue weighted by Crippen LogP contribution is -2.43. The number of allylic oxidation sites excluding steroid dienone is 2. The van der Waals surface area contributed by atoms with Crippen LogP contribution in [-0.2, 0) is 16.1 Å². The normalized spacial score (nSPS) is 27.8. The van der Waals surface area contributed by atoms with Crippen LogP contribution in [0.15, 0.2) is 45.9 Å². The van der Waals surface area contributed by atoms with Gasteiger partial charge in [-0.2, -0.15) is 0 Å². The van der Waals surface area contributed by atoms with Crippen molar-refractivity contribution in [2.45, 2.75) is 13.0 Å². The zero-order valence-electron chi connectivity index (χ0n) is 15.6. The number of hydrogen-bond acceptors (Lipinski definition) is 3. The van der Waals surface area contributed by atoms with E-state index in [9.17, 15) is 9.59 Å². The van der Waals surface area contributed by atoms with Gasteiger partial charge in [0.15, 0.2) is 5.96 Å². The second-order valence-electron chi connectivity index (χ2n) is 7.31. The molecule has 1 aromatic carbocycles. The Labute approximate surface area is 190 Å². The summed E-state index contributed by atoms with van der Waals surface area (Å²) in [5.41, 5.74) is 1.14. The van der Waals surface area contributed by atoms with Crippen molar-refractivity contribution in [2.75, 3.05) is 20.1 Å². The summed E-state index contributed by atoms with van der Waals surface area (Å²) in [6, 6.07) is 8.06. The molecule has 3 aliphatic rings. The van der Waals surface area contributed by atoms with Crippen molar-refractivity contribution in [1.82, 2.24) is 15.5 Å². The zero-order valence-corrected chi connectivity index (χ0v) is 19.5. The lowest BCUT2D eigenvalue weighted by Gasteiger charge is -2.18. The van der Waals surface area contributed by atoms with E-state index in [1.807, 2.05) is 24.3 Å². The first-order chi connectivity index (χ1) is 13.1. The molecule has 8 heteroatoms. The highest BCUT2D eigenvalue weighted by Gasteiger charge is 2.58. The summed E-state index contributed by atoms with van der Waals surface area (Å²) in [7, 11) is 1.71. The van der Waals surface area contributed by atoms with Crippen molar-refractivity contribution in [3.05, 3.63) is 46.5 Å². The van der Waals surface area contributed by atoms with Gasteiger partial charge in [0.2, 0.25) is 11.8 Å². The van der Waals surface area contributed by atoms with Crippen molar-refractivity contribution in [3.8, 4) is 0 Å². The second kappa shape index (κ2) is 8.94. The first kappa shape index (κ1) is 21.3. The quantitative estimate of drug-likeness (QED) is 0.191. The van der Waals surface area contributed by atoms with Crippen molar-refractivity contribution in [2.24, 2.45) is 28.7 Å². The first-order valence-corrected chi connectivity index (χ1v) is 10.1. The van der Waals surface area contributed by atoms with Crippen LogP contribution in [0.3, 0.4) is 0 Å². The molecule has 4 unspecified atom stereocenters. The number of halogens is 2. The summed E-state index contributed by atoms with van der Waals surface area (Å²) in [6.07, 6.45) is 5.20. The number of fused-ring (bicyclic) bond motifs is 5. The molecule has 1 saturated heterocycles. The SMILES string of the molecule is CN=C(NCCN1C(=O)C2C3C=CC(C3)C2C1=O)NCc1ccc(Br)cc1.I. The Kier molecular flexibility index (Phi) is 6.80. The van der Waals surface area contributed by atoms with Crippen LogP contribution in [0.4, 0.5) is 0 Å². The van der Waals surface area contributed by atoms with Crippen molar-refractivity contribution >= 4 is 57.7 Å². The highest BCUT2D eigenvalue weighted by molar-refractivity contribution is 14.0. The number of nitrogens with one attached hydrogen (secondary N) is 2. The standard InChI is InChI=1S/C20H23BrN4O2.HI/c1-22-20(24-11-12-2-6-15(21)7-3-12)23-8-9-25-18(26)16-13-4-5-14(10-13)17(16)19(25)27;/h2-7,13-14,16-17H,8-11H2,1H3,(H2,22,23,24);1H. The molecule has 1 saturated carbocycles. The first-order valence-electron chi connectivity index (χ1n) is 9.31. The number of likely N-dealkylation sites (tertiary alicyclic amines) is 1. The van der Waals surface area contributed by atoms with Crippen LogP contribution in [0, 0.1) is 23.7 Å². The molecule has 0 spiro atoms. The number of nitrogens with zero attached hydrogens (tertiary/aromatic N) is 2. The number of carbonyl (C=O) groups excluding carboxylic acids is 2. The fourth-order valence-electron chi connectivity index (χ4n) is 4.48. The van der Waals surface area contributed by atoms with Gasteiger partial charge in [0.25, 0.3) is 0 Å². The molecule has 28 heavy (non-hydrogen) atoms. The van der Waals surface area contributed by atoms with E-state index in [0.717, 1.165) is 16.5 Å². The Hall–Kier alpha value is -1.42. The molecule has 0 radical (unpaired) electrons. The van der Waals surface area contributed by atoms with Gasteiger partial charge in [0.05, 0.1) is 11.8 Å². The Bertz CT molecular complexity index is 781. The number of rotatable bonds is 5. The molecular weight excluding hydrogens is 535 g/mol. The van der Waals surface area contributed by atoms with Gasteiger partial charge >= 0.3 is 0 Å². The molecule has 150 valence electrons. The predicted molar refractivity (Wildman–Crippen MR) is 122 cm³/mol. The highest BCUT2D eigenvalue weighted by atomic mass is 127. The lowest BCUT2D eigenvalue weighted by molar-refractivity contribution is -0.140. The topological polar surface area (TPSA) is 73.8 Å². The van der Waals surface area contributed by atoms with Gasteiger partial charge in [-0.3, -0.25) is 19.5 Å². The maximum Gasteiger partial charge on any atom is 0.233 e. The zero-order chi connectivity index (χ0) is 19.0. The maximum atomic E-state index is 12.7. The molecule has 6 nitrogen and oxygen atoms in total. The number of guanidine groups is 1. The summed E-state index contributed by atoms with van der Waals surface area (Å²) in [5, 5.41) is 6.43. The van der Waals surface area contributed by atoms with Gasteiger partial charge in [-0.25, -0.2) is 0 Å². The van der Waals surface area contributed by atoms with Crippen molar-refractivity contribution in [3.63, 3.8) is 0 Å². The summed E-state index contributed by atoms with van der Waals surface area (Å²) < 4.78 is 1.04. The third kappa shape index (κ3) is 3.98. The van der Waals surface area contributed by atoms with Crippen LogP contribution in [-0.4, -0.2) is 42.8 Å². The van der Waals surface area contributed by atoms with Gasteiger partial charge < -0.3 is 10.6 Å². The average Bonchev–Trinajstić information content (AvgIpc) is 3.35. The van der Waals surface area contributed by atoms with Gasteiger partial charge in [-0.1, -0.05) is 40.2 Å². The molecule has 2 N–H and O–H groups in total. The Balaban J connectivity index is 0.00000225. The van der Waals surface area contributed by atoms with Gasteiger partial charge in [0.1, 0.15) is 0 Å². The summed E-state index contributed by atoms with van der Waals surface area (Å²) in [6.45, 7) is 1.51. The maximum absolute atomic E-state index is 12.7. The molecule has 2 amide bonds. The van der Waals surface area contributed by atoms with Gasteiger partial charge in [-0.15, -0.1) is 24.0 Å². The molecule has 1 aliphatic heterocycles. The molecule has 1 heterocycles. The van der Waals surface area contributed by atoms with E-state index >= 15 is 0 Å². The smallest absolute Gasteiger partial charge is 0.233 e. The minimum atomic E-state index is -0.123. The van der Waals surface area contributed by atoms with Gasteiger partial charge in [-0.05, 0) is 36.0 Å². The van der Waals surface area contributed by atoms with Gasteiger partial charge in [0, 0.05) is 31.2 Å². The van der Waals surface area contributed by atoms with E-state index in [1.165, 1.54) is 4.90 Å². The molecule has 2 bridgehead atoms. The number of carbonyl (C=O) groups is 2. The fourth-order valence-corrected chi connectivity index (χ4v) is 4.74. The van der Waals surface area contributed by atoms with Crippen LogP contribution < -0.4 is 10.6 Å². The van der Waals surface area contributed by atoms with E-state index in [1.54, 1.807) is 7.05 Å². The van der Waals surface area contributed by atoms with Crippen molar-refractivity contribution in [1.29, 1.82) is 0 Å². The summed E-state index contributed by atoms with van der Waals surface area (Å²) in [5.74, 6) is 0.927. The monoisotopic (exact) mass is 558 g/mol. The highest BCUT2D eigenvalue weighted by Crippen LogP contribution is 2.52. The molecule has 2 fully saturated rings. The minimum Gasteiger partial charge on any atom is -0.355 e.